The van der Waals surface area contributed by atoms with Crippen molar-refractivity contribution >= 4 is 21.0 Å². The fraction of sp³-hybridized carbons (Fsp3) is 0.944. The zero-order chi connectivity index (χ0) is 21.5. The lowest BCUT2D eigenvalue weighted by Gasteiger charge is -2.38. The number of hydrogen-bond donors (Lipinski definition) is 0. The van der Waals surface area contributed by atoms with E-state index in [9.17, 15) is 13.9 Å². The second-order valence-electron chi connectivity index (χ2n) is 6.94. The maximum atomic E-state index is 13.7. The van der Waals surface area contributed by atoms with Gasteiger partial charge in [0, 0.05) is 25.2 Å². The van der Waals surface area contributed by atoms with E-state index in [0.717, 1.165) is 0 Å². The van der Waals surface area contributed by atoms with Crippen LogP contribution < -0.4 is 0 Å². The molecule has 11 heteroatoms. The standard InChI is InChI=1S/C18H34O9P2/c1-5-24-28(20,25-6-2)17(29(21,26-7-3)27-8-4)13-15-14-18(10-9-16(15)19)22-11-12-23-18/h15,17H,5-14H2,1-4H3/t15-/m1/s1. The van der Waals surface area contributed by atoms with E-state index in [1.807, 2.05) is 0 Å². The molecule has 0 unspecified atom stereocenters. The van der Waals surface area contributed by atoms with E-state index in [1.54, 1.807) is 27.7 Å². The van der Waals surface area contributed by atoms with Gasteiger partial charge in [-0.05, 0) is 34.1 Å². The van der Waals surface area contributed by atoms with E-state index in [2.05, 4.69) is 0 Å². The molecule has 1 aliphatic carbocycles. The van der Waals surface area contributed by atoms with Crippen molar-refractivity contribution in [1.29, 1.82) is 0 Å². The van der Waals surface area contributed by atoms with Crippen molar-refractivity contribution in [3.05, 3.63) is 0 Å². The lowest BCUT2D eigenvalue weighted by atomic mass is 9.82. The van der Waals surface area contributed by atoms with Crippen LogP contribution in [0.2, 0.25) is 0 Å². The molecule has 1 saturated heterocycles. The van der Waals surface area contributed by atoms with Gasteiger partial charge in [-0.1, -0.05) is 0 Å². The van der Waals surface area contributed by atoms with Gasteiger partial charge in [0.15, 0.2) is 11.2 Å². The van der Waals surface area contributed by atoms with E-state index < -0.39 is 32.3 Å². The van der Waals surface area contributed by atoms with Crippen LogP contribution in [0.4, 0.5) is 0 Å². The molecule has 1 atom stereocenters. The molecular formula is C18H34O9P2. The molecule has 170 valence electrons. The molecule has 1 spiro atoms. The third-order valence-corrected chi connectivity index (χ3v) is 11.1. The highest BCUT2D eigenvalue weighted by atomic mass is 31.2. The molecule has 0 aromatic heterocycles. The lowest BCUT2D eigenvalue weighted by molar-refractivity contribution is -0.189. The van der Waals surface area contributed by atoms with Crippen molar-refractivity contribution < 1.29 is 41.5 Å². The van der Waals surface area contributed by atoms with Gasteiger partial charge in [0.05, 0.1) is 39.6 Å². The summed E-state index contributed by atoms with van der Waals surface area (Å²) in [5.74, 6) is -1.40. The third-order valence-electron chi connectivity index (χ3n) is 5.04. The zero-order valence-corrected chi connectivity index (χ0v) is 19.6. The summed E-state index contributed by atoms with van der Waals surface area (Å²) >= 11 is 0. The second kappa shape index (κ2) is 11.0. The molecule has 0 amide bonds. The zero-order valence-electron chi connectivity index (χ0n) is 17.8. The van der Waals surface area contributed by atoms with E-state index in [1.165, 1.54) is 0 Å². The van der Waals surface area contributed by atoms with Gasteiger partial charge >= 0.3 is 15.2 Å². The normalized spacial score (nSPS) is 22.7. The number of Topliss-reactive ketones (excluding diaryl/α,β-unsaturated/α-hetero) is 1. The second-order valence-corrected chi connectivity index (χ2v) is 11.8. The summed E-state index contributed by atoms with van der Waals surface area (Å²) in [5, 5.41) is -1.21. The Morgan fingerprint density at radius 2 is 1.38 bits per heavy atom. The SMILES string of the molecule is CCOP(=O)(OCC)C(C[C@@H]1CC2(CCC1=O)OCCO2)P(=O)(OCC)OCC. The summed E-state index contributed by atoms with van der Waals surface area (Å²) in [6, 6.07) is 0. The Kier molecular flexibility index (Phi) is 9.51. The van der Waals surface area contributed by atoms with E-state index >= 15 is 0 Å². The minimum absolute atomic E-state index is 0.0120. The maximum absolute atomic E-state index is 13.7. The van der Waals surface area contributed by atoms with Crippen molar-refractivity contribution in [2.75, 3.05) is 39.6 Å². The van der Waals surface area contributed by atoms with E-state index in [-0.39, 0.29) is 45.1 Å². The molecule has 0 aromatic carbocycles. The van der Waals surface area contributed by atoms with Crippen LogP contribution in [0, 0.1) is 5.92 Å². The molecule has 1 aliphatic heterocycles. The highest BCUT2D eigenvalue weighted by Gasteiger charge is 2.54. The predicted octanol–water partition coefficient (Wildman–Crippen LogP) is 4.35. The van der Waals surface area contributed by atoms with Gasteiger partial charge in [0.1, 0.15) is 5.78 Å². The molecule has 2 fully saturated rings. The van der Waals surface area contributed by atoms with Gasteiger partial charge in [0.2, 0.25) is 0 Å². The molecule has 0 aromatic rings. The summed E-state index contributed by atoms with van der Waals surface area (Å²) < 4.78 is 60.8. The van der Waals surface area contributed by atoms with Gasteiger partial charge < -0.3 is 27.6 Å². The highest BCUT2D eigenvalue weighted by molar-refractivity contribution is 7.72. The Balaban J connectivity index is 2.38. The Morgan fingerprint density at radius 1 is 0.931 bits per heavy atom. The first-order valence-electron chi connectivity index (χ1n) is 10.4. The number of carbonyl (C=O) groups excluding carboxylic acids is 1. The predicted molar refractivity (Wildman–Crippen MR) is 107 cm³/mol. The topological polar surface area (TPSA) is 107 Å². The van der Waals surface area contributed by atoms with Crippen LogP contribution in [0.25, 0.3) is 0 Å². The van der Waals surface area contributed by atoms with Crippen molar-refractivity contribution in [2.24, 2.45) is 5.92 Å². The fourth-order valence-corrected chi connectivity index (χ4v) is 9.40. The molecule has 1 saturated carbocycles. The van der Waals surface area contributed by atoms with Crippen LogP contribution in [0.5, 0.6) is 0 Å². The lowest BCUT2D eigenvalue weighted by Crippen LogP contribution is -2.41. The van der Waals surface area contributed by atoms with Gasteiger partial charge in [-0.25, -0.2) is 0 Å². The largest absolute Gasteiger partial charge is 0.347 e. The molecule has 2 rings (SSSR count). The first-order chi connectivity index (χ1) is 13.8. The van der Waals surface area contributed by atoms with Gasteiger partial charge in [-0.2, -0.15) is 0 Å². The molecular weight excluding hydrogens is 422 g/mol. The number of carbonyl (C=O) groups is 1. The van der Waals surface area contributed by atoms with Gasteiger partial charge in [0.25, 0.3) is 0 Å². The fourth-order valence-electron chi connectivity index (χ4n) is 3.91. The first-order valence-corrected chi connectivity index (χ1v) is 13.6. The summed E-state index contributed by atoms with van der Waals surface area (Å²) in [6.45, 7) is 8.04. The number of hydrogen-bond acceptors (Lipinski definition) is 9. The average molecular weight is 456 g/mol. The van der Waals surface area contributed by atoms with Crippen molar-refractivity contribution in [2.45, 2.75) is 64.6 Å². The van der Waals surface area contributed by atoms with Crippen molar-refractivity contribution in [1.82, 2.24) is 0 Å². The quantitative estimate of drug-likeness (QED) is 0.396. The van der Waals surface area contributed by atoms with Gasteiger partial charge in [-0.15, -0.1) is 0 Å². The van der Waals surface area contributed by atoms with Crippen LogP contribution in [-0.2, 0) is 41.5 Å². The van der Waals surface area contributed by atoms with Gasteiger partial charge in [-0.3, -0.25) is 13.9 Å². The molecule has 2 aliphatic rings. The van der Waals surface area contributed by atoms with Crippen molar-refractivity contribution in [3.8, 4) is 0 Å². The summed E-state index contributed by atoms with van der Waals surface area (Å²) in [6.07, 6.45) is 1.05. The summed E-state index contributed by atoms with van der Waals surface area (Å²) in [4.78, 5) is 12.7. The molecule has 1 heterocycles. The monoisotopic (exact) mass is 456 g/mol. The summed E-state index contributed by atoms with van der Waals surface area (Å²) in [7, 11) is -7.79. The number of ketones is 1. The van der Waals surface area contributed by atoms with Crippen LogP contribution >= 0.6 is 15.2 Å². The number of rotatable bonds is 12. The number of ether oxygens (including phenoxy) is 2. The van der Waals surface area contributed by atoms with Crippen molar-refractivity contribution in [3.63, 3.8) is 0 Å². The van der Waals surface area contributed by atoms with Crippen LogP contribution in [0.3, 0.4) is 0 Å². The molecule has 0 bridgehead atoms. The third kappa shape index (κ3) is 5.98. The highest BCUT2D eigenvalue weighted by Crippen LogP contribution is 2.72. The minimum atomic E-state index is -3.89. The Bertz CT molecular complexity index is 583. The molecule has 29 heavy (non-hydrogen) atoms. The molecule has 0 radical (unpaired) electrons. The summed E-state index contributed by atoms with van der Waals surface area (Å²) in [5.41, 5.74) is 0. The molecule has 0 N–H and O–H groups in total. The average Bonchev–Trinajstić information content (AvgIpc) is 3.11. The first kappa shape index (κ1) is 25.2. The smallest absolute Gasteiger partial charge is 0.345 e. The van der Waals surface area contributed by atoms with Crippen LogP contribution in [0.15, 0.2) is 0 Å². The molecule has 9 nitrogen and oxygen atoms in total. The van der Waals surface area contributed by atoms with Crippen LogP contribution in [-0.4, -0.2) is 56.6 Å². The Hall–Kier alpha value is -0.110. The van der Waals surface area contributed by atoms with E-state index in [4.69, 9.17) is 27.6 Å². The van der Waals surface area contributed by atoms with Crippen LogP contribution in [0.1, 0.15) is 53.4 Å². The Labute approximate surface area is 173 Å². The van der Waals surface area contributed by atoms with E-state index in [0.29, 0.717) is 26.1 Å². The maximum Gasteiger partial charge on any atom is 0.345 e. The minimum Gasteiger partial charge on any atom is -0.347 e. The Morgan fingerprint density at radius 3 is 1.79 bits per heavy atom.